The van der Waals surface area contributed by atoms with Gasteiger partial charge in [0, 0.05) is 12.8 Å². The fourth-order valence-electron chi connectivity index (χ4n) is 2.41. The van der Waals surface area contributed by atoms with Crippen LogP contribution < -0.4 is 0 Å². The first kappa shape index (κ1) is 18.9. The van der Waals surface area contributed by atoms with Crippen molar-refractivity contribution in [3.63, 3.8) is 0 Å². The van der Waals surface area contributed by atoms with E-state index in [9.17, 15) is 9.59 Å². The Balaban J connectivity index is 2.83. The molecule has 0 radical (unpaired) electrons. The quantitative estimate of drug-likeness (QED) is 0.282. The fourth-order valence-corrected chi connectivity index (χ4v) is 2.41. The third kappa shape index (κ3) is 7.22. The number of esters is 1. The third-order valence-electron chi connectivity index (χ3n) is 3.51. The molecule has 0 heterocycles. The maximum absolute atomic E-state index is 11.5. The number of hydrogen-bond acceptors (Lipinski definition) is 5. The Morgan fingerprint density at radius 3 is 1.77 bits per heavy atom. The molecular weight excluding hydrogens is 288 g/mol. The summed E-state index contributed by atoms with van der Waals surface area (Å²) >= 11 is 0. The molecule has 128 valence electrons. The lowest BCUT2D eigenvalue weighted by Gasteiger charge is -2.34. The molecule has 0 aromatic heterocycles. The summed E-state index contributed by atoms with van der Waals surface area (Å²) in [4.78, 5) is 33.2. The molecule has 6 heteroatoms. The van der Waals surface area contributed by atoms with Gasteiger partial charge in [-0.2, -0.15) is 4.89 Å². The van der Waals surface area contributed by atoms with Gasteiger partial charge in [-0.15, -0.1) is 0 Å². The molecule has 0 aliphatic heterocycles. The van der Waals surface area contributed by atoms with E-state index in [4.69, 9.17) is 19.6 Å². The van der Waals surface area contributed by atoms with Gasteiger partial charge >= 0.3 is 11.9 Å². The molecule has 6 nitrogen and oxygen atoms in total. The molecule has 1 saturated carbocycles. The summed E-state index contributed by atoms with van der Waals surface area (Å²) in [5, 5.41) is 8.81. The molecule has 0 bridgehead atoms. The van der Waals surface area contributed by atoms with Gasteiger partial charge in [-0.25, -0.2) is 14.5 Å². The molecule has 1 N–H and O–H groups in total. The molecule has 22 heavy (non-hydrogen) atoms. The highest BCUT2D eigenvalue weighted by Crippen LogP contribution is 2.32. The largest absolute Gasteiger partial charge is 0.473 e. The molecular formula is C16H28O6. The number of hydrogen-bond donors (Lipinski definition) is 1. The minimum Gasteiger partial charge on any atom is -0.473 e. The van der Waals surface area contributed by atoms with Gasteiger partial charge in [0.2, 0.25) is 5.79 Å². The molecule has 0 atom stereocenters. The molecule has 0 unspecified atom stereocenters. The Bertz CT molecular complexity index is 361. The predicted octanol–water partition coefficient (Wildman–Crippen LogP) is 3.58. The van der Waals surface area contributed by atoms with Crippen LogP contribution in [0.5, 0.6) is 0 Å². The van der Waals surface area contributed by atoms with Gasteiger partial charge in [0.1, 0.15) is 0 Å². The lowest BCUT2D eigenvalue weighted by atomic mass is 9.96. The monoisotopic (exact) mass is 316 g/mol. The zero-order chi connectivity index (χ0) is 16.6. The van der Waals surface area contributed by atoms with Gasteiger partial charge in [0.25, 0.3) is 0 Å². The van der Waals surface area contributed by atoms with E-state index < -0.39 is 23.3 Å². The standard InChI is InChI=1S/C16H28O6/c1-15(2,3)21-22-16(20-14(19)13(17)18)11-9-7-5-4-6-8-10-12-16/h4-12H2,1-3H3,(H,17,18). The lowest BCUT2D eigenvalue weighted by molar-refractivity contribution is -0.453. The van der Waals surface area contributed by atoms with Gasteiger partial charge in [0.05, 0.1) is 5.60 Å². The maximum atomic E-state index is 11.5. The summed E-state index contributed by atoms with van der Waals surface area (Å²) in [7, 11) is 0. The molecule has 1 aliphatic rings. The average Bonchev–Trinajstić information content (AvgIpc) is 2.43. The van der Waals surface area contributed by atoms with Crippen molar-refractivity contribution >= 4 is 11.9 Å². The third-order valence-corrected chi connectivity index (χ3v) is 3.51. The Morgan fingerprint density at radius 1 is 0.909 bits per heavy atom. The van der Waals surface area contributed by atoms with E-state index in [1.807, 2.05) is 20.8 Å². The van der Waals surface area contributed by atoms with Gasteiger partial charge in [-0.3, -0.25) is 0 Å². The first-order chi connectivity index (χ1) is 10.2. The second-order valence-corrected chi connectivity index (χ2v) is 6.86. The van der Waals surface area contributed by atoms with E-state index in [0.29, 0.717) is 12.8 Å². The Labute approximate surface area is 132 Å². The topological polar surface area (TPSA) is 82.1 Å². The number of aliphatic carboxylic acids is 1. The van der Waals surface area contributed by atoms with Gasteiger partial charge in [-0.1, -0.05) is 32.1 Å². The number of rotatable bonds is 3. The van der Waals surface area contributed by atoms with Crippen molar-refractivity contribution in [1.82, 2.24) is 0 Å². The van der Waals surface area contributed by atoms with Crippen molar-refractivity contribution in [3.05, 3.63) is 0 Å². The van der Waals surface area contributed by atoms with Crippen molar-refractivity contribution in [3.8, 4) is 0 Å². The minimum absolute atomic E-state index is 0.447. The van der Waals surface area contributed by atoms with Crippen molar-refractivity contribution in [2.24, 2.45) is 0 Å². The van der Waals surface area contributed by atoms with Crippen LogP contribution >= 0.6 is 0 Å². The number of carbonyl (C=O) groups excluding carboxylic acids is 1. The van der Waals surface area contributed by atoms with E-state index >= 15 is 0 Å². The second-order valence-electron chi connectivity index (χ2n) is 6.86. The minimum atomic E-state index is -1.61. The van der Waals surface area contributed by atoms with Crippen LogP contribution in [-0.2, 0) is 24.1 Å². The highest BCUT2D eigenvalue weighted by Gasteiger charge is 2.39. The molecule has 0 amide bonds. The number of ether oxygens (including phenoxy) is 1. The number of carboxylic acid groups (broad SMARTS) is 1. The smallest absolute Gasteiger partial charge is 0.419 e. The van der Waals surface area contributed by atoms with E-state index in [0.717, 1.165) is 38.5 Å². The van der Waals surface area contributed by atoms with Crippen LogP contribution in [0.3, 0.4) is 0 Å². The Kier molecular flexibility index (Phi) is 7.29. The van der Waals surface area contributed by atoms with Gasteiger partial charge in [-0.05, 0) is 33.6 Å². The van der Waals surface area contributed by atoms with Crippen LogP contribution in [0.2, 0.25) is 0 Å². The molecule has 0 saturated heterocycles. The molecule has 0 aromatic carbocycles. The van der Waals surface area contributed by atoms with E-state index in [2.05, 4.69) is 0 Å². The maximum Gasteiger partial charge on any atom is 0.419 e. The highest BCUT2D eigenvalue weighted by molar-refractivity contribution is 6.28. The van der Waals surface area contributed by atoms with Crippen molar-refractivity contribution in [1.29, 1.82) is 0 Å². The highest BCUT2D eigenvalue weighted by atomic mass is 17.2. The van der Waals surface area contributed by atoms with E-state index in [1.165, 1.54) is 6.42 Å². The number of carbonyl (C=O) groups is 2. The molecule has 1 rings (SSSR count). The second kappa shape index (κ2) is 8.48. The predicted molar refractivity (Wildman–Crippen MR) is 79.9 cm³/mol. The Hall–Kier alpha value is -1.14. The summed E-state index contributed by atoms with van der Waals surface area (Å²) in [6.45, 7) is 5.46. The lowest BCUT2D eigenvalue weighted by Crippen LogP contribution is -2.42. The summed E-state index contributed by atoms with van der Waals surface area (Å²) in [6, 6.07) is 0. The summed E-state index contributed by atoms with van der Waals surface area (Å²) < 4.78 is 5.18. The van der Waals surface area contributed by atoms with Crippen LogP contribution in [-0.4, -0.2) is 28.4 Å². The van der Waals surface area contributed by atoms with Crippen molar-refractivity contribution in [2.45, 2.75) is 89.9 Å². The SMILES string of the molecule is CC(C)(C)OOC1(OC(=O)C(=O)O)CCCCCCCCC1. The summed E-state index contributed by atoms with van der Waals surface area (Å²) in [5.74, 6) is -4.22. The fraction of sp³-hybridized carbons (Fsp3) is 0.875. The van der Waals surface area contributed by atoms with Crippen molar-refractivity contribution in [2.75, 3.05) is 0 Å². The normalized spacial score (nSPS) is 20.1. The zero-order valence-electron chi connectivity index (χ0n) is 13.9. The summed E-state index contributed by atoms with van der Waals surface area (Å²) in [6.07, 6.45) is 7.98. The van der Waals surface area contributed by atoms with Crippen LogP contribution in [0.1, 0.15) is 78.6 Å². The van der Waals surface area contributed by atoms with Crippen LogP contribution in [0, 0.1) is 0 Å². The molecule has 0 spiro atoms. The van der Waals surface area contributed by atoms with Crippen LogP contribution in [0.4, 0.5) is 0 Å². The first-order valence-electron chi connectivity index (χ1n) is 8.07. The number of carboxylic acids is 1. The molecule has 0 aromatic rings. The van der Waals surface area contributed by atoms with Gasteiger partial charge < -0.3 is 9.84 Å². The van der Waals surface area contributed by atoms with Crippen molar-refractivity contribution < 1.29 is 29.2 Å². The Morgan fingerprint density at radius 2 is 1.36 bits per heavy atom. The zero-order valence-corrected chi connectivity index (χ0v) is 13.9. The van der Waals surface area contributed by atoms with Crippen LogP contribution in [0.25, 0.3) is 0 Å². The molecule has 1 fully saturated rings. The first-order valence-corrected chi connectivity index (χ1v) is 8.07. The molecule has 1 aliphatic carbocycles. The van der Waals surface area contributed by atoms with Crippen LogP contribution in [0.15, 0.2) is 0 Å². The summed E-state index contributed by atoms with van der Waals surface area (Å²) in [5.41, 5.74) is -0.571. The van der Waals surface area contributed by atoms with E-state index in [-0.39, 0.29) is 0 Å². The van der Waals surface area contributed by atoms with E-state index in [1.54, 1.807) is 0 Å². The van der Waals surface area contributed by atoms with Gasteiger partial charge in [0.15, 0.2) is 0 Å². The average molecular weight is 316 g/mol.